The normalized spacial score (nSPS) is 42.3. The Morgan fingerprint density at radius 1 is 1.28 bits per heavy atom. The number of carbonyl (C=O) groups is 1. The molecule has 3 fully saturated rings. The standard InChI is InChI=1S/C14H24N2O2/c1-13(2)11-10(6-5-9-18-11)14(13,15)12(17)16-7-3-4-8-16/h10-11H,3-9,15H2,1-2H3. The summed E-state index contributed by atoms with van der Waals surface area (Å²) in [4.78, 5) is 14.7. The lowest BCUT2D eigenvalue weighted by Gasteiger charge is -2.65. The second-order valence-corrected chi connectivity index (χ2v) is 6.63. The topological polar surface area (TPSA) is 55.6 Å². The average molecular weight is 252 g/mol. The van der Waals surface area contributed by atoms with Gasteiger partial charge in [-0.2, -0.15) is 0 Å². The van der Waals surface area contributed by atoms with Crippen molar-refractivity contribution in [2.45, 2.75) is 51.2 Å². The Bertz CT molecular complexity index is 363. The third-order valence-electron chi connectivity index (χ3n) is 5.43. The smallest absolute Gasteiger partial charge is 0.243 e. The average Bonchev–Trinajstić information content (AvgIpc) is 2.90. The molecule has 0 aromatic heterocycles. The van der Waals surface area contributed by atoms with E-state index in [0.717, 1.165) is 45.4 Å². The second kappa shape index (κ2) is 3.94. The number of nitrogens with two attached hydrogens (primary N) is 1. The summed E-state index contributed by atoms with van der Waals surface area (Å²) >= 11 is 0. The highest BCUT2D eigenvalue weighted by Crippen LogP contribution is 2.58. The van der Waals surface area contributed by atoms with Crippen molar-refractivity contribution in [1.82, 2.24) is 4.90 Å². The quantitative estimate of drug-likeness (QED) is 0.761. The Kier molecular flexibility index (Phi) is 2.72. The highest BCUT2D eigenvalue weighted by Gasteiger charge is 2.70. The lowest BCUT2D eigenvalue weighted by molar-refractivity contribution is -0.229. The molecule has 2 heterocycles. The number of amides is 1. The van der Waals surface area contributed by atoms with Crippen LogP contribution in [0.15, 0.2) is 0 Å². The molecular formula is C14H24N2O2. The molecule has 3 rings (SSSR count). The summed E-state index contributed by atoms with van der Waals surface area (Å²) < 4.78 is 5.85. The summed E-state index contributed by atoms with van der Waals surface area (Å²) in [6.45, 7) is 6.76. The molecule has 18 heavy (non-hydrogen) atoms. The second-order valence-electron chi connectivity index (χ2n) is 6.63. The molecule has 102 valence electrons. The summed E-state index contributed by atoms with van der Waals surface area (Å²) in [5, 5.41) is 0. The number of carbonyl (C=O) groups excluding carboxylic acids is 1. The molecule has 4 heteroatoms. The van der Waals surface area contributed by atoms with E-state index in [1.807, 2.05) is 4.90 Å². The van der Waals surface area contributed by atoms with Gasteiger partial charge in [0.1, 0.15) is 5.54 Å². The summed E-state index contributed by atoms with van der Waals surface area (Å²) in [6, 6.07) is 0. The maximum Gasteiger partial charge on any atom is 0.243 e. The largest absolute Gasteiger partial charge is 0.377 e. The van der Waals surface area contributed by atoms with Gasteiger partial charge in [0.05, 0.1) is 6.10 Å². The fourth-order valence-corrected chi connectivity index (χ4v) is 4.19. The van der Waals surface area contributed by atoms with E-state index in [2.05, 4.69) is 13.8 Å². The van der Waals surface area contributed by atoms with Crippen LogP contribution in [-0.4, -0.2) is 42.1 Å². The van der Waals surface area contributed by atoms with E-state index in [1.54, 1.807) is 0 Å². The van der Waals surface area contributed by atoms with Crippen molar-refractivity contribution in [2.24, 2.45) is 17.1 Å². The van der Waals surface area contributed by atoms with Gasteiger partial charge in [-0.1, -0.05) is 13.8 Å². The predicted molar refractivity (Wildman–Crippen MR) is 69.0 cm³/mol. The Morgan fingerprint density at radius 3 is 2.61 bits per heavy atom. The number of fused-ring (bicyclic) bond motifs is 1. The molecule has 1 aliphatic carbocycles. The van der Waals surface area contributed by atoms with Crippen LogP contribution in [0.2, 0.25) is 0 Å². The Hall–Kier alpha value is -0.610. The van der Waals surface area contributed by atoms with Gasteiger partial charge in [-0.05, 0) is 25.7 Å². The number of hydrogen-bond donors (Lipinski definition) is 1. The third-order valence-corrected chi connectivity index (χ3v) is 5.43. The molecule has 0 aromatic rings. The van der Waals surface area contributed by atoms with Crippen LogP contribution in [0.1, 0.15) is 39.5 Å². The molecule has 0 spiro atoms. The fraction of sp³-hybridized carbons (Fsp3) is 0.929. The van der Waals surface area contributed by atoms with Crippen LogP contribution in [0.25, 0.3) is 0 Å². The van der Waals surface area contributed by atoms with Gasteiger partial charge in [-0.15, -0.1) is 0 Å². The third kappa shape index (κ3) is 1.36. The van der Waals surface area contributed by atoms with E-state index in [4.69, 9.17) is 10.5 Å². The highest BCUT2D eigenvalue weighted by atomic mass is 16.5. The van der Waals surface area contributed by atoms with Gasteiger partial charge in [0.25, 0.3) is 0 Å². The van der Waals surface area contributed by atoms with Crippen molar-refractivity contribution in [2.75, 3.05) is 19.7 Å². The molecule has 2 saturated heterocycles. The summed E-state index contributed by atoms with van der Waals surface area (Å²) in [5.41, 5.74) is 5.64. The van der Waals surface area contributed by atoms with E-state index in [9.17, 15) is 4.79 Å². The van der Waals surface area contributed by atoms with Crippen LogP contribution in [0, 0.1) is 11.3 Å². The van der Waals surface area contributed by atoms with Crippen molar-refractivity contribution < 1.29 is 9.53 Å². The molecule has 3 aliphatic rings. The molecule has 2 N–H and O–H groups in total. The van der Waals surface area contributed by atoms with Crippen molar-refractivity contribution >= 4 is 5.91 Å². The maximum atomic E-state index is 12.8. The van der Waals surface area contributed by atoms with Crippen molar-refractivity contribution in [1.29, 1.82) is 0 Å². The summed E-state index contributed by atoms with van der Waals surface area (Å²) in [5.74, 6) is 0.381. The molecule has 2 aliphatic heterocycles. The minimum absolute atomic E-state index is 0.164. The van der Waals surface area contributed by atoms with Crippen LogP contribution in [0.3, 0.4) is 0 Å². The minimum Gasteiger partial charge on any atom is -0.377 e. The van der Waals surface area contributed by atoms with E-state index in [-0.39, 0.29) is 23.3 Å². The Balaban J connectivity index is 1.86. The first kappa shape index (κ1) is 12.4. The van der Waals surface area contributed by atoms with E-state index >= 15 is 0 Å². The Labute approximate surface area is 109 Å². The SMILES string of the molecule is CC1(C)C2OCCCC2C1(N)C(=O)N1CCCC1. The molecule has 3 unspecified atom stereocenters. The van der Waals surface area contributed by atoms with Gasteiger partial charge < -0.3 is 15.4 Å². The molecule has 1 saturated carbocycles. The lowest BCUT2D eigenvalue weighted by atomic mass is 9.46. The number of rotatable bonds is 1. The number of likely N-dealkylation sites (tertiary alicyclic amines) is 1. The van der Waals surface area contributed by atoms with Crippen LogP contribution in [0.5, 0.6) is 0 Å². The number of hydrogen-bond acceptors (Lipinski definition) is 3. The van der Waals surface area contributed by atoms with Gasteiger partial charge in [0.15, 0.2) is 0 Å². The summed E-state index contributed by atoms with van der Waals surface area (Å²) in [6.07, 6.45) is 4.47. The fourth-order valence-electron chi connectivity index (χ4n) is 4.19. The number of ether oxygens (including phenoxy) is 1. The predicted octanol–water partition coefficient (Wildman–Crippen LogP) is 1.14. The van der Waals surface area contributed by atoms with Gasteiger partial charge in [0, 0.05) is 31.0 Å². The van der Waals surface area contributed by atoms with Crippen molar-refractivity contribution in [3.63, 3.8) is 0 Å². The zero-order valence-corrected chi connectivity index (χ0v) is 11.4. The zero-order valence-electron chi connectivity index (χ0n) is 11.4. The van der Waals surface area contributed by atoms with Gasteiger partial charge in [0.2, 0.25) is 5.91 Å². The van der Waals surface area contributed by atoms with E-state index in [1.165, 1.54) is 0 Å². The molecule has 1 amide bonds. The first-order chi connectivity index (χ1) is 8.49. The Morgan fingerprint density at radius 2 is 1.94 bits per heavy atom. The molecular weight excluding hydrogens is 228 g/mol. The van der Waals surface area contributed by atoms with Crippen LogP contribution < -0.4 is 5.73 Å². The van der Waals surface area contributed by atoms with E-state index in [0.29, 0.717) is 0 Å². The zero-order chi connectivity index (χ0) is 13.0. The first-order valence-corrected chi connectivity index (χ1v) is 7.19. The van der Waals surface area contributed by atoms with Crippen LogP contribution in [-0.2, 0) is 9.53 Å². The van der Waals surface area contributed by atoms with Crippen molar-refractivity contribution in [3.8, 4) is 0 Å². The van der Waals surface area contributed by atoms with Gasteiger partial charge >= 0.3 is 0 Å². The lowest BCUT2D eigenvalue weighted by Crippen LogP contribution is -2.82. The monoisotopic (exact) mass is 252 g/mol. The van der Waals surface area contributed by atoms with Gasteiger partial charge in [-0.25, -0.2) is 0 Å². The molecule has 0 aromatic carbocycles. The maximum absolute atomic E-state index is 12.8. The first-order valence-electron chi connectivity index (χ1n) is 7.19. The number of nitrogens with zero attached hydrogens (tertiary/aromatic N) is 1. The van der Waals surface area contributed by atoms with E-state index < -0.39 is 5.54 Å². The van der Waals surface area contributed by atoms with Gasteiger partial charge in [-0.3, -0.25) is 4.79 Å². The minimum atomic E-state index is -0.706. The molecule has 4 nitrogen and oxygen atoms in total. The summed E-state index contributed by atoms with van der Waals surface area (Å²) in [7, 11) is 0. The van der Waals surface area contributed by atoms with Crippen LogP contribution >= 0.6 is 0 Å². The molecule has 0 bridgehead atoms. The molecule has 0 radical (unpaired) electrons. The molecule has 3 atom stereocenters. The highest BCUT2D eigenvalue weighted by molar-refractivity contribution is 5.89. The van der Waals surface area contributed by atoms with Crippen LogP contribution in [0.4, 0.5) is 0 Å². The van der Waals surface area contributed by atoms with Crippen molar-refractivity contribution in [3.05, 3.63) is 0 Å².